The maximum atomic E-state index is 12.9. The largest absolute Gasteiger partial charge is 0.342 e. The van der Waals surface area contributed by atoms with E-state index in [9.17, 15) is 13.2 Å². The van der Waals surface area contributed by atoms with Crippen molar-refractivity contribution in [1.29, 1.82) is 0 Å². The molecule has 1 heterocycles. The molecule has 1 N–H and O–H groups in total. The summed E-state index contributed by atoms with van der Waals surface area (Å²) in [4.78, 5) is 12.9. The van der Waals surface area contributed by atoms with Gasteiger partial charge in [0.15, 0.2) is 5.82 Å². The Balaban J connectivity index is 1.91. The Bertz CT molecular complexity index is 1060. The average molecular weight is 473 g/mol. The highest BCUT2D eigenvalue weighted by Crippen LogP contribution is 2.33. The Morgan fingerprint density at radius 3 is 2.50 bits per heavy atom. The lowest BCUT2D eigenvalue weighted by atomic mass is 9.87. The number of carbonyl (C=O) groups is 1. The van der Waals surface area contributed by atoms with Crippen molar-refractivity contribution in [1.82, 2.24) is 20.1 Å². The zero-order chi connectivity index (χ0) is 22.3. The monoisotopic (exact) mass is 472 g/mol. The molecule has 1 aromatic carbocycles. The number of carbonyl (C=O) groups excluding carboxylic acids is 1. The van der Waals surface area contributed by atoms with Gasteiger partial charge in [0.2, 0.25) is 15.0 Å². The summed E-state index contributed by atoms with van der Waals surface area (Å²) >= 11 is 12.1. The van der Waals surface area contributed by atoms with E-state index in [-0.39, 0.29) is 32.8 Å². The van der Waals surface area contributed by atoms with Gasteiger partial charge in [-0.05, 0) is 48.8 Å². The number of hydrogen-bond acceptors (Lipinski definition) is 5. The molecule has 30 heavy (non-hydrogen) atoms. The van der Waals surface area contributed by atoms with E-state index in [1.165, 1.54) is 10.6 Å². The molecule has 7 nitrogen and oxygen atoms in total. The maximum absolute atomic E-state index is 12.9. The number of halogens is 2. The summed E-state index contributed by atoms with van der Waals surface area (Å²) in [6.07, 6.45) is 2.38. The Morgan fingerprint density at radius 1 is 1.27 bits per heavy atom. The number of rotatable bonds is 7. The molecule has 1 aromatic heterocycles. The first kappa shape index (κ1) is 23.0. The van der Waals surface area contributed by atoms with Gasteiger partial charge in [-0.3, -0.25) is 4.79 Å². The molecule has 1 aliphatic rings. The van der Waals surface area contributed by atoms with Gasteiger partial charge >= 0.3 is 0 Å². The van der Waals surface area contributed by atoms with Crippen LogP contribution >= 0.6 is 23.2 Å². The number of aromatic nitrogens is 3. The van der Waals surface area contributed by atoms with Gasteiger partial charge < -0.3 is 9.88 Å². The van der Waals surface area contributed by atoms with Crippen LogP contribution in [0.2, 0.25) is 10.0 Å². The van der Waals surface area contributed by atoms with E-state index in [0.29, 0.717) is 17.3 Å². The van der Waals surface area contributed by atoms with Crippen LogP contribution in [0, 0.1) is 11.3 Å². The van der Waals surface area contributed by atoms with Crippen LogP contribution in [0.5, 0.6) is 0 Å². The van der Waals surface area contributed by atoms with Gasteiger partial charge in [-0.1, -0.05) is 44.0 Å². The van der Waals surface area contributed by atoms with Crippen molar-refractivity contribution in [2.75, 3.05) is 5.75 Å². The molecule has 0 saturated heterocycles. The van der Waals surface area contributed by atoms with Crippen LogP contribution in [0.3, 0.4) is 0 Å². The fourth-order valence-corrected chi connectivity index (χ4v) is 5.57. The van der Waals surface area contributed by atoms with E-state index in [2.05, 4.69) is 15.5 Å². The fraction of sp³-hybridized carbons (Fsp3) is 0.550. The lowest BCUT2D eigenvalue weighted by molar-refractivity contribution is 0.0923. The summed E-state index contributed by atoms with van der Waals surface area (Å²) in [5.41, 5.74) is 0.115. The lowest BCUT2D eigenvalue weighted by Crippen LogP contribution is -2.33. The standard InChI is InChI=1S/C20H26Cl2N4O3S/c1-20(2,3)10-16(23-18(27)14-8-7-13(21)9-15(14)22)17-24-25-19(26(17)4)30(28,29)11-12-5-6-12/h7-9,12,16H,5-6,10-11H2,1-4H3,(H,23,27). The predicted molar refractivity (Wildman–Crippen MR) is 117 cm³/mol. The third-order valence-electron chi connectivity index (χ3n) is 4.91. The first-order chi connectivity index (χ1) is 13.9. The maximum Gasteiger partial charge on any atom is 0.253 e. The number of benzene rings is 1. The van der Waals surface area contributed by atoms with E-state index < -0.39 is 21.8 Å². The van der Waals surface area contributed by atoms with Crippen molar-refractivity contribution in [2.24, 2.45) is 18.4 Å². The summed E-state index contributed by atoms with van der Waals surface area (Å²) in [6, 6.07) is 4.09. The molecule has 0 aliphatic heterocycles. The topological polar surface area (TPSA) is 93.9 Å². The molecule has 0 spiro atoms. The van der Waals surface area contributed by atoms with Crippen LogP contribution in [0.1, 0.15) is 62.3 Å². The summed E-state index contributed by atoms with van der Waals surface area (Å²) in [7, 11) is -1.92. The van der Waals surface area contributed by atoms with Gasteiger partial charge in [-0.25, -0.2) is 8.42 Å². The van der Waals surface area contributed by atoms with Crippen molar-refractivity contribution in [3.05, 3.63) is 39.6 Å². The SMILES string of the molecule is Cn1c(C(CC(C)(C)C)NC(=O)c2ccc(Cl)cc2Cl)nnc1S(=O)(=O)CC1CC1. The van der Waals surface area contributed by atoms with E-state index >= 15 is 0 Å². The average Bonchev–Trinajstić information content (AvgIpc) is 3.30. The Kier molecular flexibility index (Phi) is 6.51. The van der Waals surface area contributed by atoms with E-state index in [1.807, 2.05) is 20.8 Å². The highest BCUT2D eigenvalue weighted by atomic mass is 35.5. The van der Waals surface area contributed by atoms with Gasteiger partial charge in [0.25, 0.3) is 5.91 Å². The van der Waals surface area contributed by atoms with E-state index in [1.54, 1.807) is 19.2 Å². The van der Waals surface area contributed by atoms with Gasteiger partial charge in [0, 0.05) is 12.1 Å². The van der Waals surface area contributed by atoms with Gasteiger partial charge in [-0.15, -0.1) is 10.2 Å². The second kappa shape index (κ2) is 8.48. The van der Waals surface area contributed by atoms with Crippen LogP contribution < -0.4 is 5.32 Å². The Hall–Kier alpha value is -1.64. The minimum atomic E-state index is -3.54. The number of nitrogens with zero attached hydrogens (tertiary/aromatic N) is 3. The minimum Gasteiger partial charge on any atom is -0.342 e. The van der Waals surface area contributed by atoms with Crippen molar-refractivity contribution in [2.45, 2.75) is 51.2 Å². The highest BCUT2D eigenvalue weighted by molar-refractivity contribution is 7.91. The molecule has 0 radical (unpaired) electrons. The number of nitrogens with one attached hydrogen (secondary N) is 1. The molecule has 1 fully saturated rings. The molecule has 1 atom stereocenters. The Labute approximate surface area is 187 Å². The molecular formula is C20H26Cl2N4O3S. The normalized spacial score (nSPS) is 15.8. The molecule has 1 amide bonds. The fourth-order valence-electron chi connectivity index (χ4n) is 3.30. The molecule has 1 saturated carbocycles. The first-order valence-corrected chi connectivity index (χ1v) is 12.2. The molecule has 164 valence electrons. The van der Waals surface area contributed by atoms with Crippen LogP contribution in [0.4, 0.5) is 0 Å². The van der Waals surface area contributed by atoms with Gasteiger partial charge in [0.1, 0.15) is 0 Å². The molecule has 3 rings (SSSR count). The number of amides is 1. The zero-order valence-corrected chi connectivity index (χ0v) is 19.8. The number of sulfone groups is 1. The quantitative estimate of drug-likeness (QED) is 0.650. The summed E-state index contributed by atoms with van der Waals surface area (Å²) in [5, 5.41) is 11.6. The van der Waals surface area contributed by atoms with Crippen molar-refractivity contribution in [3.63, 3.8) is 0 Å². The molecule has 0 bridgehead atoms. The van der Waals surface area contributed by atoms with Crippen LogP contribution in [0.25, 0.3) is 0 Å². The molecule has 2 aromatic rings. The molecule has 10 heteroatoms. The smallest absolute Gasteiger partial charge is 0.253 e. The Morgan fingerprint density at radius 2 is 1.93 bits per heavy atom. The second-order valence-corrected chi connectivity index (χ2v) is 11.8. The van der Waals surface area contributed by atoms with Crippen LogP contribution in [0.15, 0.2) is 23.4 Å². The third-order valence-corrected chi connectivity index (χ3v) is 7.28. The zero-order valence-electron chi connectivity index (χ0n) is 17.4. The second-order valence-electron chi connectivity index (χ2n) is 9.04. The van der Waals surface area contributed by atoms with Crippen molar-refractivity contribution >= 4 is 38.9 Å². The summed E-state index contributed by atoms with van der Waals surface area (Å²) < 4.78 is 26.9. The van der Waals surface area contributed by atoms with Gasteiger partial charge in [-0.2, -0.15) is 0 Å². The number of hydrogen-bond donors (Lipinski definition) is 1. The van der Waals surface area contributed by atoms with Crippen LogP contribution in [-0.4, -0.2) is 34.8 Å². The van der Waals surface area contributed by atoms with Crippen LogP contribution in [-0.2, 0) is 16.9 Å². The van der Waals surface area contributed by atoms with Crippen molar-refractivity contribution in [3.8, 4) is 0 Å². The lowest BCUT2D eigenvalue weighted by Gasteiger charge is -2.26. The highest BCUT2D eigenvalue weighted by Gasteiger charge is 2.34. The van der Waals surface area contributed by atoms with Gasteiger partial charge in [0.05, 0.1) is 22.4 Å². The molecular weight excluding hydrogens is 447 g/mol. The summed E-state index contributed by atoms with van der Waals surface area (Å²) in [5.74, 6) is 0.275. The first-order valence-electron chi connectivity index (χ1n) is 9.75. The minimum absolute atomic E-state index is 0.0675. The third kappa shape index (κ3) is 5.53. The molecule has 1 unspecified atom stereocenters. The van der Waals surface area contributed by atoms with E-state index in [0.717, 1.165) is 12.8 Å². The van der Waals surface area contributed by atoms with E-state index in [4.69, 9.17) is 23.2 Å². The van der Waals surface area contributed by atoms with Crippen molar-refractivity contribution < 1.29 is 13.2 Å². The summed E-state index contributed by atoms with van der Waals surface area (Å²) in [6.45, 7) is 6.09. The molecule has 1 aliphatic carbocycles. The predicted octanol–water partition coefficient (Wildman–Crippen LogP) is 4.21.